The lowest BCUT2D eigenvalue weighted by Crippen LogP contribution is -2.17. The molecule has 2 aliphatic rings. The molecule has 0 heterocycles. The Hall–Kier alpha value is -7.37. The second kappa shape index (κ2) is 11.5. The van der Waals surface area contributed by atoms with Gasteiger partial charge in [0, 0.05) is 11.1 Å². The highest BCUT2D eigenvalue weighted by molar-refractivity contribution is 6.39. The van der Waals surface area contributed by atoms with E-state index in [4.69, 9.17) is 19.7 Å². The van der Waals surface area contributed by atoms with Gasteiger partial charge in [0.1, 0.15) is 5.75 Å². The topological polar surface area (TPSA) is 93.7 Å². The van der Waals surface area contributed by atoms with Crippen molar-refractivity contribution < 1.29 is 17.9 Å². The molecule has 0 aliphatic heterocycles. The number of alkyl halides is 3. The minimum absolute atomic E-state index is 0.229. The number of nitriles is 3. The fourth-order valence-corrected chi connectivity index (χ4v) is 6.26. The third-order valence-electron chi connectivity index (χ3n) is 8.10. The van der Waals surface area contributed by atoms with Crippen molar-refractivity contribution in [2.24, 2.45) is 0 Å². The molecular weight excluding hydrogens is 613 g/mol. The zero-order valence-electron chi connectivity index (χ0n) is 24.7. The quantitative estimate of drug-likeness (QED) is 0.167. The van der Waals surface area contributed by atoms with E-state index in [1.54, 1.807) is 49.4 Å². The number of aryl methyl sites for hydroxylation is 1. The van der Waals surface area contributed by atoms with Crippen molar-refractivity contribution in [1.82, 2.24) is 0 Å². The van der Waals surface area contributed by atoms with Gasteiger partial charge in [0.25, 0.3) is 11.4 Å². The molecule has 4 aromatic carbocycles. The summed E-state index contributed by atoms with van der Waals surface area (Å²) in [6.45, 7) is 24.9. The monoisotopic (exact) mass is 628 g/mol. The molecule has 0 saturated carbocycles. The van der Waals surface area contributed by atoms with Crippen molar-refractivity contribution in [2.75, 3.05) is 0 Å². The van der Waals surface area contributed by atoms with E-state index in [0.29, 0.717) is 61.2 Å². The van der Waals surface area contributed by atoms with E-state index in [2.05, 4.69) is 25.3 Å². The zero-order valence-corrected chi connectivity index (χ0v) is 24.7. The van der Waals surface area contributed by atoms with Crippen molar-refractivity contribution in [1.29, 1.82) is 15.8 Å². The van der Waals surface area contributed by atoms with E-state index < -0.39 is 12.1 Å². The van der Waals surface area contributed by atoms with Crippen molar-refractivity contribution in [3.05, 3.63) is 152 Å². The van der Waals surface area contributed by atoms with Crippen LogP contribution in [0.15, 0.2) is 84.2 Å². The van der Waals surface area contributed by atoms with E-state index in [9.17, 15) is 29.0 Å². The second-order valence-corrected chi connectivity index (χ2v) is 10.6. The number of nitrogens with zero attached hydrogens (tertiary/aromatic N) is 6. The van der Waals surface area contributed by atoms with Gasteiger partial charge in [-0.15, -0.1) is 13.2 Å². The Kier molecular flexibility index (Phi) is 7.36. The minimum Gasteiger partial charge on any atom is -0.418 e. The van der Waals surface area contributed by atoms with E-state index in [1.807, 2.05) is 24.3 Å². The first-order chi connectivity index (χ1) is 23.1. The summed E-state index contributed by atoms with van der Waals surface area (Å²) < 4.78 is 44.2. The summed E-state index contributed by atoms with van der Waals surface area (Å²) in [5.74, 6) is -0.711. The van der Waals surface area contributed by atoms with Crippen LogP contribution in [0.25, 0.3) is 59.1 Å². The van der Waals surface area contributed by atoms with Crippen molar-refractivity contribution in [3.63, 3.8) is 0 Å². The average Bonchev–Trinajstić information content (AvgIpc) is 3.58. The Morgan fingerprint density at radius 3 is 1.65 bits per heavy atom. The maximum Gasteiger partial charge on any atom is 0.571 e. The number of allylic oxidation sites excluding steroid dienone is 6. The number of hydrogen-bond acceptors (Lipinski definition) is 4. The fourth-order valence-electron chi connectivity index (χ4n) is 6.26. The van der Waals surface area contributed by atoms with Crippen LogP contribution in [-0.2, 0) is 0 Å². The summed E-state index contributed by atoms with van der Waals surface area (Å²) in [6.07, 6.45) is -5.07. The highest BCUT2D eigenvalue weighted by Gasteiger charge is 2.42. The van der Waals surface area contributed by atoms with Crippen LogP contribution in [0.1, 0.15) is 33.4 Å². The number of fused-ring (bicyclic) bond motifs is 4. The predicted molar refractivity (Wildman–Crippen MR) is 171 cm³/mol. The van der Waals surface area contributed by atoms with Crippen LogP contribution in [-0.4, -0.2) is 6.36 Å². The molecule has 2 aliphatic carbocycles. The van der Waals surface area contributed by atoms with E-state index in [0.717, 1.165) is 6.07 Å². The summed E-state index contributed by atoms with van der Waals surface area (Å²) >= 11 is 0. The third kappa shape index (κ3) is 4.72. The maximum atomic E-state index is 13.3. The number of rotatable bonds is 3. The molecule has 0 N–H and O–H groups in total. The molecule has 0 fully saturated rings. The van der Waals surface area contributed by atoms with Gasteiger partial charge in [0.15, 0.2) is 0 Å². The predicted octanol–water partition coefficient (Wildman–Crippen LogP) is 9.90. The Morgan fingerprint density at radius 2 is 1.21 bits per heavy atom. The molecule has 224 valence electrons. The molecule has 0 saturated heterocycles. The highest BCUT2D eigenvalue weighted by atomic mass is 19.4. The zero-order chi connectivity index (χ0) is 34.3. The molecule has 0 spiro atoms. The minimum atomic E-state index is -5.07. The van der Waals surface area contributed by atoms with Gasteiger partial charge in [0.2, 0.25) is 5.69 Å². The Labute approximate surface area is 272 Å². The number of benzene rings is 4. The van der Waals surface area contributed by atoms with Gasteiger partial charge < -0.3 is 4.74 Å². The largest absolute Gasteiger partial charge is 0.571 e. The second-order valence-electron chi connectivity index (χ2n) is 10.6. The summed E-state index contributed by atoms with van der Waals surface area (Å²) in [5.41, 5.74) is 5.42. The van der Waals surface area contributed by atoms with Gasteiger partial charge >= 0.3 is 6.36 Å². The summed E-state index contributed by atoms with van der Waals surface area (Å²) in [6, 6.07) is 25.4. The molecule has 0 amide bonds. The highest BCUT2D eigenvalue weighted by Crippen LogP contribution is 2.62. The lowest BCUT2D eigenvalue weighted by atomic mass is 9.85. The van der Waals surface area contributed by atoms with Crippen LogP contribution in [0, 0.1) is 60.6 Å². The van der Waals surface area contributed by atoms with Crippen LogP contribution >= 0.6 is 0 Å². The van der Waals surface area contributed by atoms with Gasteiger partial charge in [-0.2, -0.15) is 5.26 Å². The lowest BCUT2D eigenvalue weighted by molar-refractivity contribution is -0.274. The van der Waals surface area contributed by atoms with Crippen LogP contribution < -0.4 is 4.74 Å². The molecule has 6 rings (SSSR count). The number of halogens is 3. The standard InChI is InChI=1S/C38H15F3N6O/c1-20-15-21(11-12-23(20)17-42)24-7-5-9-26-32(24)36-35(30(19-44)47-4)27-10-6-8-25(33(27)37(36)34(26)29(18-43)46-3)22-13-14-28(45-2)31(16-22)48-38(39,40)41/h5-16H,1H3/b34-29+,35-30-. The van der Waals surface area contributed by atoms with E-state index >= 15 is 0 Å². The SMILES string of the molecule is [C-]#[N+]/C(C#N)=C1C2=C(/C(=C(\C#N)[N+]#[C-])c3cccc(-c4ccc(C#N)c(C)c4)c32)c2c\1cccc2-c1ccc([N+]#[C-])c(OC(F)(F)F)c1. The van der Waals surface area contributed by atoms with Gasteiger partial charge in [-0.25, -0.2) is 25.1 Å². The van der Waals surface area contributed by atoms with Crippen molar-refractivity contribution >= 4 is 28.0 Å². The first-order valence-electron chi connectivity index (χ1n) is 14.0. The van der Waals surface area contributed by atoms with Crippen LogP contribution in [0.4, 0.5) is 18.9 Å². The molecule has 0 radical (unpaired) electrons. The van der Waals surface area contributed by atoms with Crippen LogP contribution in [0.2, 0.25) is 0 Å². The molecule has 10 heteroatoms. The summed E-state index contributed by atoms with van der Waals surface area (Å²) in [7, 11) is 0. The molecule has 48 heavy (non-hydrogen) atoms. The van der Waals surface area contributed by atoms with Crippen molar-refractivity contribution in [3.8, 4) is 46.2 Å². The smallest absolute Gasteiger partial charge is 0.418 e. The molecular formula is C38H15F3N6O. The first kappa shape index (κ1) is 30.6. The average molecular weight is 629 g/mol. The van der Waals surface area contributed by atoms with Gasteiger partial charge in [-0.3, -0.25) is 0 Å². The molecule has 4 aromatic rings. The third-order valence-corrected chi connectivity index (χ3v) is 8.10. The number of hydrogen-bond donors (Lipinski definition) is 0. The lowest BCUT2D eigenvalue weighted by Gasteiger charge is -2.18. The van der Waals surface area contributed by atoms with Crippen LogP contribution in [0.5, 0.6) is 5.75 Å². The molecule has 0 bridgehead atoms. The van der Waals surface area contributed by atoms with E-state index in [1.165, 1.54) is 12.1 Å². The van der Waals surface area contributed by atoms with Crippen LogP contribution in [0.3, 0.4) is 0 Å². The summed E-state index contributed by atoms with van der Waals surface area (Å²) in [5, 5.41) is 29.9. The van der Waals surface area contributed by atoms with Gasteiger partial charge in [0.05, 0.1) is 43.5 Å². The number of ether oxygens (including phenoxy) is 1. The Bertz CT molecular complexity index is 2460. The summed E-state index contributed by atoms with van der Waals surface area (Å²) in [4.78, 5) is 10.2. The van der Waals surface area contributed by atoms with E-state index in [-0.39, 0.29) is 33.8 Å². The van der Waals surface area contributed by atoms with Gasteiger partial charge in [-0.1, -0.05) is 60.7 Å². The molecule has 0 aromatic heterocycles. The first-order valence-corrected chi connectivity index (χ1v) is 14.0. The molecule has 0 unspecified atom stereocenters. The normalized spacial score (nSPS) is 14.5. The van der Waals surface area contributed by atoms with Crippen molar-refractivity contribution in [2.45, 2.75) is 13.3 Å². The Balaban J connectivity index is 1.77. The molecule has 7 nitrogen and oxygen atoms in total. The Morgan fingerprint density at radius 1 is 0.708 bits per heavy atom. The van der Waals surface area contributed by atoms with Gasteiger partial charge in [-0.05, 0) is 80.3 Å². The maximum absolute atomic E-state index is 13.3. The fraction of sp³-hybridized carbons (Fsp3) is 0.0526. The molecule has 0 atom stereocenters.